The Hall–Kier alpha value is -2.40. The number of carbonyl (C=O) groups excluding carboxylic acids is 1. The van der Waals surface area contributed by atoms with Gasteiger partial charge in [0.15, 0.2) is 5.78 Å². The van der Waals surface area contributed by atoms with Crippen LogP contribution in [0.3, 0.4) is 0 Å². The number of Topliss-reactive ketones (excluding diaryl/α,β-unsaturated/α-hetero) is 1. The standard InChI is InChI=1S/C15H11ClN2O3/c16-12-6-5-9(18(20)21)7-11(12)14-8-15(19)10-3-1-2-4-13(10)17-14/h1-7,14,17H,8H2. The lowest BCUT2D eigenvalue weighted by Gasteiger charge is -2.26. The first-order chi connectivity index (χ1) is 10.1. The van der Waals surface area contributed by atoms with E-state index in [0.29, 0.717) is 16.1 Å². The Kier molecular flexibility index (Phi) is 3.35. The van der Waals surface area contributed by atoms with Crippen molar-refractivity contribution >= 4 is 28.8 Å². The van der Waals surface area contributed by atoms with Crippen LogP contribution in [0, 0.1) is 10.1 Å². The van der Waals surface area contributed by atoms with Gasteiger partial charge < -0.3 is 5.32 Å². The van der Waals surface area contributed by atoms with E-state index < -0.39 is 4.92 Å². The smallest absolute Gasteiger partial charge is 0.269 e. The van der Waals surface area contributed by atoms with Gasteiger partial charge in [0.2, 0.25) is 0 Å². The van der Waals surface area contributed by atoms with Gasteiger partial charge >= 0.3 is 0 Å². The van der Waals surface area contributed by atoms with Gasteiger partial charge in [0.05, 0.1) is 11.0 Å². The van der Waals surface area contributed by atoms with Crippen LogP contribution in [0.5, 0.6) is 0 Å². The molecule has 2 aromatic rings. The summed E-state index contributed by atoms with van der Waals surface area (Å²) in [7, 11) is 0. The molecule has 2 aromatic carbocycles. The van der Waals surface area contributed by atoms with Crippen LogP contribution in [0.15, 0.2) is 42.5 Å². The van der Waals surface area contributed by atoms with Crippen molar-refractivity contribution in [2.24, 2.45) is 0 Å². The van der Waals surface area contributed by atoms with Crippen molar-refractivity contribution in [1.82, 2.24) is 0 Å². The molecule has 1 aliphatic heterocycles. The summed E-state index contributed by atoms with van der Waals surface area (Å²) in [6, 6.07) is 11.1. The quantitative estimate of drug-likeness (QED) is 0.672. The zero-order chi connectivity index (χ0) is 15.0. The normalized spacial score (nSPS) is 17.0. The first-order valence-electron chi connectivity index (χ1n) is 6.39. The maximum atomic E-state index is 12.2. The average Bonchev–Trinajstić information content (AvgIpc) is 2.47. The highest BCUT2D eigenvalue weighted by Crippen LogP contribution is 2.36. The van der Waals surface area contributed by atoms with Gasteiger partial charge in [-0.2, -0.15) is 0 Å². The number of rotatable bonds is 2. The summed E-state index contributed by atoms with van der Waals surface area (Å²) in [4.78, 5) is 22.6. The second-order valence-electron chi connectivity index (χ2n) is 4.83. The number of halogens is 1. The Balaban J connectivity index is 2.01. The van der Waals surface area contributed by atoms with Crippen molar-refractivity contribution < 1.29 is 9.72 Å². The van der Waals surface area contributed by atoms with Crippen LogP contribution >= 0.6 is 11.6 Å². The second kappa shape index (κ2) is 5.18. The van der Waals surface area contributed by atoms with Crippen molar-refractivity contribution in [2.75, 3.05) is 5.32 Å². The molecule has 1 N–H and O–H groups in total. The molecule has 5 nitrogen and oxygen atoms in total. The highest BCUT2D eigenvalue weighted by atomic mass is 35.5. The van der Waals surface area contributed by atoms with Crippen molar-refractivity contribution in [2.45, 2.75) is 12.5 Å². The second-order valence-corrected chi connectivity index (χ2v) is 5.24. The van der Waals surface area contributed by atoms with Gasteiger partial charge in [-0.25, -0.2) is 0 Å². The molecule has 0 bridgehead atoms. The molecule has 0 spiro atoms. The van der Waals surface area contributed by atoms with Gasteiger partial charge in [-0.3, -0.25) is 14.9 Å². The van der Waals surface area contributed by atoms with E-state index in [2.05, 4.69) is 5.32 Å². The lowest BCUT2D eigenvalue weighted by Crippen LogP contribution is -2.23. The molecule has 1 atom stereocenters. The van der Waals surface area contributed by atoms with Crippen LogP contribution in [0.4, 0.5) is 11.4 Å². The maximum absolute atomic E-state index is 12.2. The highest BCUT2D eigenvalue weighted by Gasteiger charge is 2.27. The number of nitro groups is 1. The number of hydrogen-bond acceptors (Lipinski definition) is 4. The minimum atomic E-state index is -0.474. The minimum Gasteiger partial charge on any atom is -0.377 e. The SMILES string of the molecule is O=C1CC(c2cc([N+](=O)[O-])ccc2Cl)Nc2ccccc21. The number of ketones is 1. The van der Waals surface area contributed by atoms with Crippen molar-refractivity contribution in [3.63, 3.8) is 0 Å². The summed E-state index contributed by atoms with van der Waals surface area (Å²) < 4.78 is 0. The predicted molar refractivity (Wildman–Crippen MR) is 79.9 cm³/mol. The van der Waals surface area contributed by atoms with E-state index in [9.17, 15) is 14.9 Å². The number of para-hydroxylation sites is 1. The van der Waals surface area contributed by atoms with Gasteiger partial charge in [0.25, 0.3) is 5.69 Å². The molecule has 1 heterocycles. The largest absolute Gasteiger partial charge is 0.377 e. The molecule has 0 amide bonds. The predicted octanol–water partition coefficient (Wildman–Crippen LogP) is 3.99. The van der Waals surface area contributed by atoms with E-state index in [1.807, 2.05) is 12.1 Å². The fourth-order valence-corrected chi connectivity index (χ4v) is 2.73. The fraction of sp³-hybridized carbons (Fsp3) is 0.133. The number of nitrogens with one attached hydrogen (secondary N) is 1. The fourth-order valence-electron chi connectivity index (χ4n) is 2.49. The number of benzene rings is 2. The Bertz CT molecular complexity index is 745. The van der Waals surface area contributed by atoms with Crippen LogP contribution in [-0.2, 0) is 0 Å². The van der Waals surface area contributed by atoms with Crippen molar-refractivity contribution in [3.8, 4) is 0 Å². The average molecular weight is 303 g/mol. The molecule has 106 valence electrons. The monoisotopic (exact) mass is 302 g/mol. The molecule has 0 aromatic heterocycles. The first-order valence-corrected chi connectivity index (χ1v) is 6.76. The summed E-state index contributed by atoms with van der Waals surface area (Å²) in [5.41, 5.74) is 1.88. The molecule has 1 unspecified atom stereocenters. The number of nitrogens with zero attached hydrogens (tertiary/aromatic N) is 1. The molecule has 0 radical (unpaired) electrons. The minimum absolute atomic E-state index is 0.00285. The molecule has 3 rings (SSSR count). The Morgan fingerprint density at radius 1 is 1.24 bits per heavy atom. The van der Waals surface area contributed by atoms with Crippen LogP contribution < -0.4 is 5.32 Å². The van der Waals surface area contributed by atoms with Crippen LogP contribution in [-0.4, -0.2) is 10.7 Å². The van der Waals surface area contributed by atoms with E-state index in [1.54, 1.807) is 12.1 Å². The van der Waals surface area contributed by atoms with E-state index >= 15 is 0 Å². The molecule has 1 aliphatic rings. The highest BCUT2D eigenvalue weighted by molar-refractivity contribution is 6.31. The lowest BCUT2D eigenvalue weighted by atomic mass is 9.92. The third kappa shape index (κ3) is 2.48. The zero-order valence-corrected chi connectivity index (χ0v) is 11.6. The summed E-state index contributed by atoms with van der Waals surface area (Å²) in [6.45, 7) is 0. The number of nitro benzene ring substituents is 1. The van der Waals surface area contributed by atoms with Crippen molar-refractivity contribution in [3.05, 3.63) is 68.7 Å². The summed E-state index contributed by atoms with van der Waals surface area (Å²) in [5, 5.41) is 14.5. The Morgan fingerprint density at radius 3 is 2.76 bits per heavy atom. The topological polar surface area (TPSA) is 72.2 Å². The molecule has 21 heavy (non-hydrogen) atoms. The number of fused-ring (bicyclic) bond motifs is 1. The molecular weight excluding hydrogens is 292 g/mol. The lowest BCUT2D eigenvalue weighted by molar-refractivity contribution is -0.384. The van der Waals surface area contributed by atoms with Crippen LogP contribution in [0.1, 0.15) is 28.4 Å². The third-order valence-corrected chi connectivity index (χ3v) is 3.86. The van der Waals surface area contributed by atoms with Crippen LogP contribution in [0.2, 0.25) is 5.02 Å². The number of anilines is 1. The molecule has 6 heteroatoms. The first kappa shape index (κ1) is 13.6. The van der Waals surface area contributed by atoms with Gasteiger partial charge in [-0.05, 0) is 18.2 Å². The summed E-state index contributed by atoms with van der Waals surface area (Å²) in [6.07, 6.45) is 0.220. The van der Waals surface area contributed by atoms with E-state index in [-0.39, 0.29) is 23.9 Å². The van der Waals surface area contributed by atoms with E-state index in [1.165, 1.54) is 18.2 Å². The van der Waals surface area contributed by atoms with Gasteiger partial charge in [-0.1, -0.05) is 23.7 Å². The number of hydrogen-bond donors (Lipinski definition) is 1. The van der Waals surface area contributed by atoms with Gasteiger partial charge in [0.1, 0.15) is 0 Å². The number of carbonyl (C=O) groups is 1. The third-order valence-electron chi connectivity index (χ3n) is 3.51. The van der Waals surface area contributed by atoms with Gasteiger partial charge in [0, 0.05) is 40.4 Å². The van der Waals surface area contributed by atoms with Crippen LogP contribution in [0.25, 0.3) is 0 Å². The maximum Gasteiger partial charge on any atom is 0.269 e. The Labute approximate surface area is 125 Å². The molecule has 0 saturated heterocycles. The Morgan fingerprint density at radius 2 is 2.00 bits per heavy atom. The summed E-state index contributed by atoms with van der Waals surface area (Å²) in [5.74, 6) is -0.00285. The van der Waals surface area contributed by atoms with Crippen molar-refractivity contribution in [1.29, 1.82) is 0 Å². The molecule has 0 aliphatic carbocycles. The molecule has 0 fully saturated rings. The molecule has 0 saturated carbocycles. The van der Waals surface area contributed by atoms with Gasteiger partial charge in [-0.15, -0.1) is 0 Å². The zero-order valence-electron chi connectivity index (χ0n) is 10.9. The summed E-state index contributed by atoms with van der Waals surface area (Å²) >= 11 is 6.14. The van der Waals surface area contributed by atoms with E-state index in [4.69, 9.17) is 11.6 Å². The molecular formula is C15H11ClN2O3. The van der Waals surface area contributed by atoms with E-state index in [0.717, 1.165) is 5.69 Å². The number of non-ortho nitro benzene ring substituents is 1.